The molecule has 0 saturated heterocycles. The van der Waals surface area contributed by atoms with Crippen molar-refractivity contribution in [2.45, 2.75) is 64.3 Å². The fourth-order valence-electron chi connectivity index (χ4n) is 1.77. The van der Waals surface area contributed by atoms with Gasteiger partial charge in [-0.3, -0.25) is 0 Å². The van der Waals surface area contributed by atoms with Gasteiger partial charge in [-0.25, -0.2) is 13.1 Å². The molecular formula is C15H25NO2S. The zero-order valence-corrected chi connectivity index (χ0v) is 13.6. The summed E-state index contributed by atoms with van der Waals surface area (Å²) in [4.78, 5) is 0.389. The molecule has 0 aromatic heterocycles. The molecule has 0 heterocycles. The second kappa shape index (κ2) is 5.63. The summed E-state index contributed by atoms with van der Waals surface area (Å²) in [6.45, 7) is 11.9. The third-order valence-corrected chi connectivity index (χ3v) is 5.04. The van der Waals surface area contributed by atoms with Gasteiger partial charge in [0.15, 0.2) is 0 Å². The number of nitrogens with one attached hydrogen (secondary N) is 1. The number of sulfonamides is 1. The van der Waals surface area contributed by atoms with Gasteiger partial charge >= 0.3 is 0 Å². The van der Waals surface area contributed by atoms with Crippen molar-refractivity contribution >= 4 is 10.0 Å². The fourth-order valence-corrected chi connectivity index (χ4v) is 3.37. The lowest BCUT2D eigenvalue weighted by atomic mass is 9.87. The minimum absolute atomic E-state index is 0.0531. The second-order valence-corrected chi connectivity index (χ2v) is 7.84. The van der Waals surface area contributed by atoms with Crippen LogP contribution >= 0.6 is 0 Å². The monoisotopic (exact) mass is 283 g/mol. The molecule has 0 fully saturated rings. The molecule has 0 bridgehead atoms. The van der Waals surface area contributed by atoms with Gasteiger partial charge in [-0.05, 0) is 42.9 Å². The van der Waals surface area contributed by atoms with Crippen LogP contribution in [-0.2, 0) is 15.4 Å². The Bertz CT molecular complexity index is 542. The van der Waals surface area contributed by atoms with Crippen molar-refractivity contribution in [3.63, 3.8) is 0 Å². The van der Waals surface area contributed by atoms with E-state index >= 15 is 0 Å². The summed E-state index contributed by atoms with van der Waals surface area (Å²) in [7, 11) is -3.44. The summed E-state index contributed by atoms with van der Waals surface area (Å²) in [5.74, 6) is 0. The first-order valence-electron chi connectivity index (χ1n) is 6.71. The van der Waals surface area contributed by atoms with Gasteiger partial charge in [-0.2, -0.15) is 0 Å². The summed E-state index contributed by atoms with van der Waals surface area (Å²) in [5, 5.41) is 0. The Morgan fingerprint density at radius 2 is 1.84 bits per heavy atom. The number of hydrogen-bond donors (Lipinski definition) is 1. The average molecular weight is 283 g/mol. The normalized spacial score (nSPS) is 14.4. The van der Waals surface area contributed by atoms with E-state index < -0.39 is 10.0 Å². The summed E-state index contributed by atoms with van der Waals surface area (Å²) >= 11 is 0. The van der Waals surface area contributed by atoms with Crippen molar-refractivity contribution in [1.82, 2.24) is 4.72 Å². The molecule has 19 heavy (non-hydrogen) atoms. The highest BCUT2D eigenvalue weighted by atomic mass is 32.2. The van der Waals surface area contributed by atoms with E-state index in [4.69, 9.17) is 0 Å². The highest BCUT2D eigenvalue weighted by Gasteiger charge is 2.22. The predicted molar refractivity (Wildman–Crippen MR) is 80.0 cm³/mol. The van der Waals surface area contributed by atoms with Gasteiger partial charge in [0.25, 0.3) is 0 Å². The Hall–Kier alpha value is -0.870. The van der Waals surface area contributed by atoms with Crippen molar-refractivity contribution in [2.24, 2.45) is 0 Å². The standard InChI is InChI=1S/C15H25NO2S/c1-7-12(3)16-19(17,18)14-10-13(15(4,5)6)9-8-11(14)2/h8-10,12,16H,7H2,1-6H3/t12-/m0/s1. The zero-order chi connectivity index (χ0) is 14.8. The molecule has 0 amide bonds. The third kappa shape index (κ3) is 4.05. The van der Waals surface area contributed by atoms with Gasteiger partial charge in [-0.1, -0.05) is 39.8 Å². The minimum Gasteiger partial charge on any atom is -0.208 e. The minimum atomic E-state index is -3.44. The van der Waals surface area contributed by atoms with Crippen molar-refractivity contribution in [2.75, 3.05) is 0 Å². The number of benzene rings is 1. The predicted octanol–water partition coefficient (Wildman–Crippen LogP) is 3.37. The largest absolute Gasteiger partial charge is 0.241 e. The smallest absolute Gasteiger partial charge is 0.208 e. The Morgan fingerprint density at radius 3 is 2.32 bits per heavy atom. The molecule has 0 aliphatic heterocycles. The van der Waals surface area contributed by atoms with Gasteiger partial charge in [-0.15, -0.1) is 0 Å². The summed E-state index contributed by atoms with van der Waals surface area (Å²) in [6, 6.07) is 5.62. The highest BCUT2D eigenvalue weighted by Crippen LogP contribution is 2.26. The molecule has 108 valence electrons. The summed E-state index contributed by atoms with van der Waals surface area (Å²) in [5.41, 5.74) is 1.75. The van der Waals surface area contributed by atoms with Crippen molar-refractivity contribution in [1.29, 1.82) is 0 Å². The maximum atomic E-state index is 12.4. The topological polar surface area (TPSA) is 46.2 Å². The Kier molecular flexibility index (Phi) is 4.80. The van der Waals surface area contributed by atoms with Crippen LogP contribution in [0.15, 0.2) is 23.1 Å². The quantitative estimate of drug-likeness (QED) is 0.921. The molecule has 0 aliphatic rings. The molecule has 1 atom stereocenters. The first-order chi connectivity index (χ1) is 8.58. The lowest BCUT2D eigenvalue weighted by Crippen LogP contribution is -2.32. The lowest BCUT2D eigenvalue weighted by Gasteiger charge is -2.21. The molecule has 1 rings (SSSR count). The summed E-state index contributed by atoms with van der Waals surface area (Å²) in [6.07, 6.45) is 0.775. The number of hydrogen-bond acceptors (Lipinski definition) is 2. The second-order valence-electron chi connectivity index (χ2n) is 6.16. The number of rotatable bonds is 4. The lowest BCUT2D eigenvalue weighted by molar-refractivity contribution is 0.553. The molecule has 0 radical (unpaired) electrons. The van der Waals surface area contributed by atoms with E-state index in [1.165, 1.54) is 0 Å². The molecule has 0 unspecified atom stereocenters. The van der Waals surface area contributed by atoms with Gasteiger partial charge in [0.2, 0.25) is 10.0 Å². The first kappa shape index (κ1) is 16.2. The van der Waals surface area contributed by atoms with Crippen LogP contribution in [0.5, 0.6) is 0 Å². The van der Waals surface area contributed by atoms with Gasteiger partial charge in [0.1, 0.15) is 0 Å². The molecular weight excluding hydrogens is 258 g/mol. The van der Waals surface area contributed by atoms with Crippen LogP contribution in [0, 0.1) is 6.92 Å². The molecule has 1 aromatic carbocycles. The van der Waals surface area contributed by atoms with E-state index in [1.807, 2.05) is 32.9 Å². The van der Waals surface area contributed by atoms with E-state index in [9.17, 15) is 8.42 Å². The molecule has 1 aromatic rings. The van der Waals surface area contributed by atoms with Gasteiger partial charge in [0.05, 0.1) is 4.90 Å². The van der Waals surface area contributed by atoms with Crippen LogP contribution in [0.1, 0.15) is 52.2 Å². The van der Waals surface area contributed by atoms with E-state index in [1.54, 1.807) is 6.07 Å². The summed E-state index contributed by atoms with van der Waals surface area (Å²) < 4.78 is 27.5. The molecule has 0 aliphatic carbocycles. The average Bonchev–Trinajstić information content (AvgIpc) is 2.26. The van der Waals surface area contributed by atoms with E-state index in [-0.39, 0.29) is 11.5 Å². The van der Waals surface area contributed by atoms with Crippen LogP contribution in [0.2, 0.25) is 0 Å². The van der Waals surface area contributed by atoms with E-state index in [0.717, 1.165) is 17.5 Å². The van der Waals surface area contributed by atoms with E-state index in [2.05, 4.69) is 25.5 Å². The Balaban J connectivity index is 3.26. The zero-order valence-electron chi connectivity index (χ0n) is 12.7. The maximum Gasteiger partial charge on any atom is 0.241 e. The van der Waals surface area contributed by atoms with Crippen molar-refractivity contribution < 1.29 is 8.42 Å². The Labute approximate surface area is 117 Å². The van der Waals surface area contributed by atoms with Crippen LogP contribution in [0.4, 0.5) is 0 Å². The SMILES string of the molecule is CC[C@H](C)NS(=O)(=O)c1cc(C(C)(C)C)ccc1C. The van der Waals surface area contributed by atoms with Gasteiger partial charge in [0, 0.05) is 6.04 Å². The highest BCUT2D eigenvalue weighted by molar-refractivity contribution is 7.89. The molecule has 0 spiro atoms. The van der Waals surface area contributed by atoms with Crippen molar-refractivity contribution in [3.8, 4) is 0 Å². The third-order valence-electron chi connectivity index (χ3n) is 3.31. The molecule has 0 saturated carbocycles. The maximum absolute atomic E-state index is 12.4. The van der Waals surface area contributed by atoms with Crippen LogP contribution in [-0.4, -0.2) is 14.5 Å². The molecule has 4 heteroatoms. The van der Waals surface area contributed by atoms with Crippen LogP contribution in [0.3, 0.4) is 0 Å². The van der Waals surface area contributed by atoms with E-state index in [0.29, 0.717) is 4.90 Å². The Morgan fingerprint density at radius 1 is 1.26 bits per heavy atom. The molecule has 1 N–H and O–H groups in total. The first-order valence-corrected chi connectivity index (χ1v) is 8.19. The number of aryl methyl sites for hydroxylation is 1. The van der Waals surface area contributed by atoms with Gasteiger partial charge < -0.3 is 0 Å². The van der Waals surface area contributed by atoms with Crippen LogP contribution in [0.25, 0.3) is 0 Å². The fraction of sp³-hybridized carbons (Fsp3) is 0.600. The van der Waals surface area contributed by atoms with Crippen molar-refractivity contribution in [3.05, 3.63) is 29.3 Å². The van der Waals surface area contributed by atoms with Crippen LogP contribution < -0.4 is 4.72 Å². The molecule has 3 nitrogen and oxygen atoms in total.